The summed E-state index contributed by atoms with van der Waals surface area (Å²) in [7, 11) is 0. The zero-order valence-corrected chi connectivity index (χ0v) is 22.1. The van der Waals surface area contributed by atoms with Crippen LogP contribution in [0.2, 0.25) is 0 Å². The number of anilines is 1. The number of hydrogen-bond donors (Lipinski definition) is 0. The second kappa shape index (κ2) is 11.1. The zero-order valence-electron chi connectivity index (χ0n) is 22.1. The van der Waals surface area contributed by atoms with Crippen molar-refractivity contribution in [3.05, 3.63) is 71.7 Å². The molecule has 0 N–H and O–H groups in total. The molecule has 0 amide bonds. The molecule has 6 heteroatoms. The van der Waals surface area contributed by atoms with Crippen LogP contribution >= 0.6 is 0 Å². The minimum absolute atomic E-state index is 0.152. The zero-order chi connectivity index (χ0) is 25.7. The maximum absolute atomic E-state index is 12.7. The fraction of sp³-hybridized carbons (Fsp3) is 0.433. The van der Waals surface area contributed by atoms with Crippen molar-refractivity contribution in [1.82, 2.24) is 9.97 Å². The van der Waals surface area contributed by atoms with Crippen LogP contribution in [-0.4, -0.2) is 35.1 Å². The topological polar surface area (TPSA) is 64.6 Å². The lowest BCUT2D eigenvalue weighted by Crippen LogP contribution is -2.38. The van der Waals surface area contributed by atoms with E-state index in [0.29, 0.717) is 12.0 Å². The molecule has 190 valence electrons. The molecule has 0 atom stereocenters. The number of benzene rings is 1. The monoisotopic (exact) mass is 487 g/mol. The molecule has 1 aromatic carbocycles. The van der Waals surface area contributed by atoms with Crippen LogP contribution in [0.4, 0.5) is 5.69 Å². The van der Waals surface area contributed by atoms with Gasteiger partial charge in [0.05, 0.1) is 23.9 Å². The molecular weight excluding hydrogens is 450 g/mol. The summed E-state index contributed by atoms with van der Waals surface area (Å²) >= 11 is 0. The minimum Gasteiger partial charge on any atom is -0.489 e. The highest BCUT2D eigenvalue weighted by atomic mass is 16.5. The fourth-order valence-corrected chi connectivity index (χ4v) is 4.53. The molecule has 1 saturated heterocycles. The van der Waals surface area contributed by atoms with Gasteiger partial charge >= 0.3 is 5.97 Å². The first kappa shape index (κ1) is 25.7. The molecule has 4 rings (SSSR count). The number of rotatable bonds is 8. The second-order valence-electron chi connectivity index (χ2n) is 10.6. The van der Waals surface area contributed by atoms with E-state index in [0.717, 1.165) is 65.4 Å². The standard InChI is InChI=1S/C30H37N3O3/c1-21(2)36-28(34)17-25-22(3)31-19-26(29(25)33-15-13-30(4,5)14-16-33)27-12-11-23(18-32-27)20-35-24-9-7-6-8-10-24/h6-12,18-19,21H,13-17,20H2,1-5H3. The van der Waals surface area contributed by atoms with Gasteiger partial charge < -0.3 is 14.4 Å². The number of hydrogen-bond acceptors (Lipinski definition) is 6. The molecular formula is C30H37N3O3. The Labute approximate surface area is 214 Å². The summed E-state index contributed by atoms with van der Waals surface area (Å²) in [5, 5.41) is 0. The van der Waals surface area contributed by atoms with E-state index >= 15 is 0 Å². The first-order valence-electron chi connectivity index (χ1n) is 12.8. The maximum atomic E-state index is 12.7. The highest BCUT2D eigenvalue weighted by molar-refractivity contribution is 5.84. The van der Waals surface area contributed by atoms with Crippen LogP contribution in [0.15, 0.2) is 54.9 Å². The molecule has 1 aliphatic rings. The fourth-order valence-electron chi connectivity index (χ4n) is 4.53. The number of aromatic nitrogens is 2. The van der Waals surface area contributed by atoms with Crippen molar-refractivity contribution in [2.45, 2.75) is 66.6 Å². The molecule has 3 aromatic rings. The predicted molar refractivity (Wildman–Crippen MR) is 143 cm³/mol. The van der Waals surface area contributed by atoms with Crippen LogP contribution in [0.5, 0.6) is 5.75 Å². The van der Waals surface area contributed by atoms with E-state index in [9.17, 15) is 4.79 Å². The van der Waals surface area contributed by atoms with E-state index in [2.05, 4.69) is 23.7 Å². The Morgan fingerprint density at radius 3 is 2.39 bits per heavy atom. The van der Waals surface area contributed by atoms with Crippen LogP contribution in [-0.2, 0) is 22.6 Å². The van der Waals surface area contributed by atoms with Gasteiger partial charge in [0.2, 0.25) is 0 Å². The second-order valence-corrected chi connectivity index (χ2v) is 10.6. The van der Waals surface area contributed by atoms with Gasteiger partial charge in [-0.2, -0.15) is 0 Å². The van der Waals surface area contributed by atoms with E-state index in [1.165, 1.54) is 0 Å². The largest absolute Gasteiger partial charge is 0.489 e. The molecule has 2 aromatic heterocycles. The van der Waals surface area contributed by atoms with Gasteiger partial charge in [-0.1, -0.05) is 38.1 Å². The van der Waals surface area contributed by atoms with E-state index in [4.69, 9.17) is 14.5 Å². The van der Waals surface area contributed by atoms with Crippen molar-refractivity contribution in [1.29, 1.82) is 0 Å². The number of nitrogens with zero attached hydrogens (tertiary/aromatic N) is 3. The Morgan fingerprint density at radius 2 is 1.75 bits per heavy atom. The van der Waals surface area contributed by atoms with Crippen molar-refractivity contribution in [2.75, 3.05) is 18.0 Å². The summed E-state index contributed by atoms with van der Waals surface area (Å²) in [6.45, 7) is 12.7. The number of carbonyl (C=O) groups is 1. The third-order valence-corrected chi connectivity index (χ3v) is 6.74. The summed E-state index contributed by atoms with van der Waals surface area (Å²) in [6, 6.07) is 13.8. The van der Waals surface area contributed by atoms with Crippen LogP contribution in [0.25, 0.3) is 11.3 Å². The summed E-state index contributed by atoms with van der Waals surface area (Å²) in [5.74, 6) is 0.601. The van der Waals surface area contributed by atoms with Crippen molar-refractivity contribution < 1.29 is 14.3 Å². The number of carbonyl (C=O) groups excluding carboxylic acids is 1. The number of ether oxygens (including phenoxy) is 2. The molecule has 0 aliphatic carbocycles. The molecule has 0 saturated carbocycles. The van der Waals surface area contributed by atoms with Gasteiger partial charge in [-0.15, -0.1) is 0 Å². The van der Waals surface area contributed by atoms with Crippen LogP contribution in [0.1, 0.15) is 57.4 Å². The summed E-state index contributed by atoms with van der Waals surface area (Å²) in [4.78, 5) is 24.6. The SMILES string of the molecule is Cc1ncc(-c2ccc(COc3ccccc3)cn2)c(N2CCC(C)(C)CC2)c1CC(=O)OC(C)C. The van der Waals surface area contributed by atoms with E-state index in [1.54, 1.807) is 0 Å². The molecule has 0 unspecified atom stereocenters. The molecule has 0 spiro atoms. The van der Waals surface area contributed by atoms with Crippen LogP contribution in [0.3, 0.4) is 0 Å². The average molecular weight is 488 g/mol. The summed E-state index contributed by atoms with van der Waals surface area (Å²) < 4.78 is 11.4. The molecule has 0 radical (unpaired) electrons. The number of pyridine rings is 2. The third kappa shape index (κ3) is 6.42. The van der Waals surface area contributed by atoms with Crippen LogP contribution < -0.4 is 9.64 Å². The number of piperidine rings is 1. The summed E-state index contributed by atoms with van der Waals surface area (Å²) in [5.41, 5.74) is 5.92. The summed E-state index contributed by atoms with van der Waals surface area (Å²) in [6.07, 6.45) is 5.97. The van der Waals surface area contributed by atoms with Gasteiger partial charge in [0.1, 0.15) is 12.4 Å². The van der Waals surface area contributed by atoms with Crippen molar-refractivity contribution in [2.24, 2.45) is 5.41 Å². The third-order valence-electron chi connectivity index (χ3n) is 6.74. The van der Waals surface area contributed by atoms with E-state index in [-0.39, 0.29) is 18.5 Å². The lowest BCUT2D eigenvalue weighted by atomic mass is 9.82. The minimum atomic E-state index is -0.230. The van der Waals surface area contributed by atoms with Crippen molar-refractivity contribution in [3.63, 3.8) is 0 Å². The van der Waals surface area contributed by atoms with Crippen molar-refractivity contribution in [3.8, 4) is 17.0 Å². The van der Waals surface area contributed by atoms with E-state index < -0.39 is 0 Å². The quantitative estimate of drug-likeness (QED) is 0.355. The highest BCUT2D eigenvalue weighted by Gasteiger charge is 2.29. The van der Waals surface area contributed by atoms with E-state index in [1.807, 2.05) is 75.6 Å². The Kier molecular flexibility index (Phi) is 7.92. The van der Waals surface area contributed by atoms with Gasteiger partial charge in [-0.25, -0.2) is 0 Å². The van der Waals surface area contributed by atoms with Crippen LogP contribution in [0, 0.1) is 12.3 Å². The lowest BCUT2D eigenvalue weighted by Gasteiger charge is -2.40. The van der Waals surface area contributed by atoms with Gasteiger partial charge in [0.25, 0.3) is 0 Å². The molecule has 1 aliphatic heterocycles. The van der Waals surface area contributed by atoms with Gasteiger partial charge in [-0.05, 0) is 57.2 Å². The van der Waals surface area contributed by atoms with Crippen molar-refractivity contribution >= 4 is 11.7 Å². The Morgan fingerprint density at radius 1 is 1.03 bits per heavy atom. The number of para-hydroxylation sites is 1. The Bertz CT molecular complexity index is 1160. The average Bonchev–Trinajstić information content (AvgIpc) is 2.85. The van der Waals surface area contributed by atoms with Gasteiger partial charge in [0, 0.05) is 47.9 Å². The first-order valence-corrected chi connectivity index (χ1v) is 12.8. The molecule has 6 nitrogen and oxygen atoms in total. The molecule has 3 heterocycles. The predicted octanol–water partition coefficient (Wildman–Crippen LogP) is 6.15. The van der Waals surface area contributed by atoms with Gasteiger partial charge in [-0.3, -0.25) is 14.8 Å². The molecule has 0 bridgehead atoms. The maximum Gasteiger partial charge on any atom is 0.310 e. The number of esters is 1. The Balaban J connectivity index is 1.65. The highest BCUT2D eigenvalue weighted by Crippen LogP contribution is 2.39. The lowest BCUT2D eigenvalue weighted by molar-refractivity contribution is -0.146. The molecule has 36 heavy (non-hydrogen) atoms. The smallest absolute Gasteiger partial charge is 0.310 e. The normalized spacial score (nSPS) is 15.1. The Hall–Kier alpha value is -3.41. The van der Waals surface area contributed by atoms with Gasteiger partial charge in [0.15, 0.2) is 0 Å². The molecule has 1 fully saturated rings. The number of aryl methyl sites for hydroxylation is 1. The first-order chi connectivity index (χ1) is 17.2.